The Labute approximate surface area is 139 Å². The number of aliphatic hydroxyl groups excluding tert-OH is 1. The van der Waals surface area contributed by atoms with Crippen molar-refractivity contribution in [1.82, 2.24) is 0 Å². The molecule has 0 aromatic heterocycles. The fourth-order valence-corrected chi connectivity index (χ4v) is 1.99. The molecule has 0 heterocycles. The molecule has 7 nitrogen and oxygen atoms in total. The van der Waals surface area contributed by atoms with Gasteiger partial charge in [-0.25, -0.2) is 14.4 Å². The van der Waals surface area contributed by atoms with Gasteiger partial charge in [0.25, 0.3) is 0 Å². The molecule has 0 unspecified atom stereocenters. The van der Waals surface area contributed by atoms with E-state index in [-0.39, 0.29) is 43.1 Å². The average molecular weight is 336 g/mol. The highest BCUT2D eigenvalue weighted by Crippen LogP contribution is 2.30. The van der Waals surface area contributed by atoms with Crippen LogP contribution in [0.5, 0.6) is 5.75 Å². The first-order valence-corrected chi connectivity index (χ1v) is 7.45. The van der Waals surface area contributed by atoms with E-state index in [9.17, 15) is 14.4 Å². The summed E-state index contributed by atoms with van der Waals surface area (Å²) in [5.41, 5.74) is 0.0871. The highest BCUT2D eigenvalue weighted by Gasteiger charge is 2.27. The SMILES string of the molecule is C=CC(=O)Oc1c(CCO)ccc(C(=O)OCC)c1C(=O)OCC. The predicted molar refractivity (Wildman–Crippen MR) is 85.0 cm³/mol. The molecule has 24 heavy (non-hydrogen) atoms. The topological polar surface area (TPSA) is 99.1 Å². The van der Waals surface area contributed by atoms with Gasteiger partial charge in [-0.15, -0.1) is 0 Å². The molecule has 0 radical (unpaired) electrons. The molecule has 1 N–H and O–H groups in total. The minimum absolute atomic E-state index is 0.0696. The molecule has 0 atom stereocenters. The van der Waals surface area contributed by atoms with E-state index in [0.717, 1.165) is 6.08 Å². The second-order valence-corrected chi connectivity index (χ2v) is 4.52. The zero-order valence-corrected chi connectivity index (χ0v) is 13.7. The van der Waals surface area contributed by atoms with Gasteiger partial charge < -0.3 is 19.3 Å². The van der Waals surface area contributed by atoms with Gasteiger partial charge in [0.1, 0.15) is 11.3 Å². The van der Waals surface area contributed by atoms with E-state index in [4.69, 9.17) is 19.3 Å². The van der Waals surface area contributed by atoms with Crippen LogP contribution >= 0.6 is 0 Å². The van der Waals surface area contributed by atoms with E-state index in [0.29, 0.717) is 5.56 Å². The predicted octanol–water partition coefficient (Wildman–Crippen LogP) is 1.67. The lowest BCUT2D eigenvalue weighted by molar-refractivity contribution is -0.129. The number of carbonyl (C=O) groups excluding carboxylic acids is 3. The number of aliphatic hydroxyl groups is 1. The fraction of sp³-hybridized carbons (Fsp3) is 0.353. The van der Waals surface area contributed by atoms with Crippen LogP contribution < -0.4 is 4.74 Å². The van der Waals surface area contributed by atoms with Gasteiger partial charge in [-0.2, -0.15) is 0 Å². The van der Waals surface area contributed by atoms with Crippen molar-refractivity contribution in [3.63, 3.8) is 0 Å². The maximum absolute atomic E-state index is 12.3. The largest absolute Gasteiger partial charge is 0.462 e. The van der Waals surface area contributed by atoms with Crippen LogP contribution in [-0.4, -0.2) is 42.8 Å². The van der Waals surface area contributed by atoms with Crippen LogP contribution in [0, 0.1) is 0 Å². The van der Waals surface area contributed by atoms with E-state index in [1.54, 1.807) is 13.8 Å². The van der Waals surface area contributed by atoms with E-state index in [1.165, 1.54) is 12.1 Å². The number of rotatable bonds is 8. The lowest BCUT2D eigenvalue weighted by atomic mass is 10.00. The molecule has 0 bridgehead atoms. The minimum atomic E-state index is -0.827. The molecule has 1 aromatic rings. The second kappa shape index (κ2) is 9.46. The summed E-state index contributed by atoms with van der Waals surface area (Å²) in [5.74, 6) is -2.52. The molecule has 130 valence electrons. The summed E-state index contributed by atoms with van der Waals surface area (Å²) in [6.45, 7) is 6.48. The standard InChI is InChI=1S/C17H20O7/c1-4-13(19)24-15-11(9-10-18)7-8-12(16(20)22-5-2)14(15)17(21)23-6-3/h4,7-8,18H,1,5-6,9-10H2,2-3H3. The summed E-state index contributed by atoms with van der Waals surface area (Å²) < 4.78 is 15.0. The normalized spacial score (nSPS) is 9.96. The molecule has 7 heteroatoms. The molecular formula is C17H20O7. The Morgan fingerprint density at radius 1 is 1.12 bits per heavy atom. The fourth-order valence-electron chi connectivity index (χ4n) is 1.99. The molecule has 0 aliphatic heterocycles. The first-order valence-electron chi connectivity index (χ1n) is 7.45. The Hall–Kier alpha value is -2.67. The monoisotopic (exact) mass is 336 g/mol. The van der Waals surface area contributed by atoms with E-state index in [1.807, 2.05) is 0 Å². The molecule has 0 saturated carbocycles. The summed E-state index contributed by atoms with van der Waals surface area (Å²) in [5, 5.41) is 9.16. The van der Waals surface area contributed by atoms with Gasteiger partial charge in [-0.1, -0.05) is 12.6 Å². The third-order valence-electron chi connectivity index (χ3n) is 2.96. The average Bonchev–Trinajstić information content (AvgIpc) is 2.56. The van der Waals surface area contributed by atoms with Crippen LogP contribution in [0.25, 0.3) is 0 Å². The van der Waals surface area contributed by atoms with Crippen molar-refractivity contribution in [1.29, 1.82) is 0 Å². The summed E-state index contributed by atoms with van der Waals surface area (Å²) in [6, 6.07) is 2.86. The van der Waals surface area contributed by atoms with Crippen LogP contribution in [0.4, 0.5) is 0 Å². The van der Waals surface area contributed by atoms with Crippen molar-refractivity contribution >= 4 is 17.9 Å². The number of benzene rings is 1. The van der Waals surface area contributed by atoms with Crippen LogP contribution in [-0.2, 0) is 20.7 Å². The molecule has 1 aromatic carbocycles. The maximum Gasteiger partial charge on any atom is 0.342 e. The number of hydrogen-bond donors (Lipinski definition) is 1. The van der Waals surface area contributed by atoms with Crippen molar-refractivity contribution in [2.45, 2.75) is 20.3 Å². The summed E-state index contributed by atoms with van der Waals surface area (Å²) in [4.78, 5) is 36.0. The zero-order chi connectivity index (χ0) is 18.1. The first kappa shape index (κ1) is 19.4. The van der Waals surface area contributed by atoms with Crippen molar-refractivity contribution in [2.24, 2.45) is 0 Å². The summed E-state index contributed by atoms with van der Waals surface area (Å²) in [7, 11) is 0. The highest BCUT2D eigenvalue weighted by atomic mass is 16.6. The zero-order valence-electron chi connectivity index (χ0n) is 13.7. The Kier molecular flexibility index (Phi) is 7.64. The quantitative estimate of drug-likeness (QED) is 0.438. The lowest BCUT2D eigenvalue weighted by Gasteiger charge is -2.16. The number of carbonyl (C=O) groups is 3. The Bertz CT molecular complexity index is 634. The smallest absolute Gasteiger partial charge is 0.342 e. The van der Waals surface area contributed by atoms with Gasteiger partial charge in [0, 0.05) is 12.7 Å². The van der Waals surface area contributed by atoms with Gasteiger partial charge >= 0.3 is 17.9 Å². The Morgan fingerprint density at radius 3 is 2.29 bits per heavy atom. The third kappa shape index (κ3) is 4.66. The van der Waals surface area contributed by atoms with E-state index in [2.05, 4.69) is 6.58 Å². The van der Waals surface area contributed by atoms with Crippen LogP contribution in [0.15, 0.2) is 24.8 Å². The third-order valence-corrected chi connectivity index (χ3v) is 2.96. The summed E-state index contributed by atoms with van der Waals surface area (Å²) >= 11 is 0. The molecule has 0 aliphatic rings. The van der Waals surface area contributed by atoms with Gasteiger partial charge in [-0.3, -0.25) is 0 Å². The number of hydrogen-bond acceptors (Lipinski definition) is 7. The van der Waals surface area contributed by atoms with Crippen molar-refractivity contribution in [2.75, 3.05) is 19.8 Å². The first-order chi connectivity index (χ1) is 11.5. The molecule has 1 rings (SSSR count). The number of ether oxygens (including phenoxy) is 3. The molecule has 0 spiro atoms. The van der Waals surface area contributed by atoms with Gasteiger partial charge in [0.05, 0.1) is 18.8 Å². The van der Waals surface area contributed by atoms with Crippen LogP contribution in [0.2, 0.25) is 0 Å². The molecule has 0 saturated heterocycles. The summed E-state index contributed by atoms with van der Waals surface area (Å²) in [6.07, 6.45) is 1.05. The second-order valence-electron chi connectivity index (χ2n) is 4.52. The highest BCUT2D eigenvalue weighted by molar-refractivity contribution is 6.06. The van der Waals surface area contributed by atoms with Crippen LogP contribution in [0.3, 0.4) is 0 Å². The Morgan fingerprint density at radius 2 is 1.75 bits per heavy atom. The Balaban J connectivity index is 3.57. The van der Waals surface area contributed by atoms with E-state index >= 15 is 0 Å². The van der Waals surface area contributed by atoms with Crippen molar-refractivity contribution in [3.8, 4) is 5.75 Å². The molecule has 0 fully saturated rings. The maximum atomic E-state index is 12.3. The number of esters is 3. The van der Waals surface area contributed by atoms with Gasteiger partial charge in [0.15, 0.2) is 0 Å². The van der Waals surface area contributed by atoms with Gasteiger partial charge in [-0.05, 0) is 31.9 Å². The minimum Gasteiger partial charge on any atom is -0.462 e. The molecular weight excluding hydrogens is 316 g/mol. The van der Waals surface area contributed by atoms with Crippen molar-refractivity contribution in [3.05, 3.63) is 41.5 Å². The van der Waals surface area contributed by atoms with Gasteiger partial charge in [0.2, 0.25) is 0 Å². The van der Waals surface area contributed by atoms with Crippen LogP contribution in [0.1, 0.15) is 40.1 Å². The lowest BCUT2D eigenvalue weighted by Crippen LogP contribution is -2.19. The van der Waals surface area contributed by atoms with E-state index < -0.39 is 17.9 Å². The molecule has 0 aliphatic carbocycles. The van der Waals surface area contributed by atoms with Crippen molar-refractivity contribution < 1.29 is 33.7 Å². The molecule has 0 amide bonds.